The van der Waals surface area contributed by atoms with Gasteiger partial charge in [0.15, 0.2) is 0 Å². The van der Waals surface area contributed by atoms with Crippen LogP contribution in [-0.2, 0) is 0 Å². The van der Waals surface area contributed by atoms with Gasteiger partial charge >= 0.3 is 0 Å². The molecule has 94 valence electrons. The zero-order valence-corrected chi connectivity index (χ0v) is 10.9. The van der Waals surface area contributed by atoms with Gasteiger partial charge in [-0.3, -0.25) is 10.1 Å². The lowest BCUT2D eigenvalue weighted by Gasteiger charge is -2.10. The maximum Gasteiger partial charge on any atom is 0.257 e. The number of carbonyl (C=O) groups excluding carboxylic acids is 1. The molecule has 1 heterocycles. The van der Waals surface area contributed by atoms with Crippen molar-refractivity contribution in [3.05, 3.63) is 35.3 Å². The summed E-state index contributed by atoms with van der Waals surface area (Å²) in [5, 5.41) is 10.6. The zero-order chi connectivity index (χ0) is 13.0. The Bertz CT molecular complexity index is 526. The van der Waals surface area contributed by atoms with Crippen molar-refractivity contribution in [1.82, 2.24) is 10.2 Å². The third-order valence-corrected chi connectivity index (χ3v) is 2.66. The normalized spacial score (nSPS) is 10.4. The van der Waals surface area contributed by atoms with Crippen molar-refractivity contribution in [1.29, 1.82) is 0 Å². The van der Waals surface area contributed by atoms with Crippen molar-refractivity contribution >= 4 is 22.4 Å². The van der Waals surface area contributed by atoms with E-state index in [1.807, 2.05) is 19.9 Å². The molecule has 0 saturated carbocycles. The molecule has 6 heteroatoms. The Morgan fingerprint density at radius 2 is 2.28 bits per heavy atom. The van der Waals surface area contributed by atoms with E-state index in [0.29, 0.717) is 16.4 Å². The molecule has 0 aliphatic rings. The Balaban J connectivity index is 2.10. The van der Waals surface area contributed by atoms with Crippen molar-refractivity contribution in [3.63, 3.8) is 0 Å². The predicted octanol–water partition coefficient (Wildman–Crippen LogP) is 2.58. The summed E-state index contributed by atoms with van der Waals surface area (Å²) >= 11 is 1.28. The molecule has 0 spiro atoms. The summed E-state index contributed by atoms with van der Waals surface area (Å²) in [6.45, 7) is 3.88. The highest BCUT2D eigenvalue weighted by molar-refractivity contribution is 7.13. The first-order valence-corrected chi connectivity index (χ1v) is 6.37. The van der Waals surface area contributed by atoms with Crippen LogP contribution in [0.25, 0.3) is 0 Å². The standard InChI is InChI=1S/C12H13N3O2S/c1-8(2)17-10-5-3-4-9(6-10)11(16)14-12-15-13-7-18-12/h3-8H,1-2H3,(H,14,15,16). The fourth-order valence-corrected chi connectivity index (χ4v) is 1.82. The van der Waals surface area contributed by atoms with Gasteiger partial charge in [-0.05, 0) is 32.0 Å². The topological polar surface area (TPSA) is 64.1 Å². The van der Waals surface area contributed by atoms with E-state index in [-0.39, 0.29) is 12.0 Å². The quantitative estimate of drug-likeness (QED) is 0.920. The van der Waals surface area contributed by atoms with E-state index in [2.05, 4.69) is 15.5 Å². The van der Waals surface area contributed by atoms with Crippen molar-refractivity contribution in [3.8, 4) is 5.75 Å². The van der Waals surface area contributed by atoms with E-state index in [4.69, 9.17) is 4.74 Å². The summed E-state index contributed by atoms with van der Waals surface area (Å²) in [6, 6.07) is 7.04. The zero-order valence-electron chi connectivity index (χ0n) is 10.1. The van der Waals surface area contributed by atoms with Crippen molar-refractivity contribution in [2.75, 3.05) is 5.32 Å². The van der Waals surface area contributed by atoms with E-state index < -0.39 is 0 Å². The molecular formula is C12H13N3O2S. The summed E-state index contributed by atoms with van der Waals surface area (Å²) in [4.78, 5) is 11.9. The van der Waals surface area contributed by atoms with Gasteiger partial charge in [0.05, 0.1) is 6.10 Å². The number of benzene rings is 1. The van der Waals surface area contributed by atoms with E-state index in [9.17, 15) is 4.79 Å². The Labute approximate surface area is 109 Å². The van der Waals surface area contributed by atoms with Gasteiger partial charge in [0.25, 0.3) is 5.91 Å². The average Bonchev–Trinajstić information content (AvgIpc) is 2.81. The lowest BCUT2D eigenvalue weighted by molar-refractivity contribution is 0.102. The number of nitrogens with zero attached hydrogens (tertiary/aromatic N) is 2. The molecule has 1 aromatic heterocycles. The Hall–Kier alpha value is -1.95. The molecule has 1 N–H and O–H groups in total. The number of carbonyl (C=O) groups is 1. The van der Waals surface area contributed by atoms with Gasteiger partial charge in [-0.25, -0.2) is 0 Å². The summed E-state index contributed by atoms with van der Waals surface area (Å²) in [5.41, 5.74) is 2.09. The molecule has 5 nitrogen and oxygen atoms in total. The smallest absolute Gasteiger partial charge is 0.257 e. The number of aromatic nitrogens is 2. The van der Waals surface area contributed by atoms with E-state index in [0.717, 1.165) is 0 Å². The molecule has 0 saturated heterocycles. The molecule has 0 aliphatic carbocycles. The monoisotopic (exact) mass is 263 g/mol. The lowest BCUT2D eigenvalue weighted by Crippen LogP contribution is -2.12. The molecule has 18 heavy (non-hydrogen) atoms. The maximum absolute atomic E-state index is 11.9. The number of anilines is 1. The Kier molecular flexibility index (Phi) is 3.88. The van der Waals surface area contributed by atoms with Crippen LogP contribution in [0.1, 0.15) is 24.2 Å². The van der Waals surface area contributed by atoms with Crippen LogP contribution in [0, 0.1) is 0 Å². The van der Waals surface area contributed by atoms with E-state index in [1.54, 1.807) is 23.7 Å². The average molecular weight is 263 g/mol. The Morgan fingerprint density at radius 1 is 1.44 bits per heavy atom. The first kappa shape index (κ1) is 12.5. The number of ether oxygens (including phenoxy) is 1. The fourth-order valence-electron chi connectivity index (χ4n) is 1.38. The SMILES string of the molecule is CC(C)Oc1cccc(C(=O)Nc2nncs2)c1. The summed E-state index contributed by atoms with van der Waals surface area (Å²) in [7, 11) is 0. The minimum absolute atomic E-state index is 0.0754. The third-order valence-electron chi connectivity index (χ3n) is 2.05. The minimum atomic E-state index is -0.221. The van der Waals surface area contributed by atoms with E-state index in [1.165, 1.54) is 11.3 Å². The van der Waals surface area contributed by atoms with Crippen molar-refractivity contribution < 1.29 is 9.53 Å². The molecule has 0 atom stereocenters. The first-order valence-electron chi connectivity index (χ1n) is 5.49. The second-order valence-electron chi connectivity index (χ2n) is 3.89. The molecule has 2 rings (SSSR count). The third kappa shape index (κ3) is 3.27. The molecule has 0 radical (unpaired) electrons. The molecule has 1 amide bonds. The van der Waals surface area contributed by atoms with Crippen molar-refractivity contribution in [2.45, 2.75) is 20.0 Å². The number of hydrogen-bond donors (Lipinski definition) is 1. The second-order valence-corrected chi connectivity index (χ2v) is 4.73. The van der Waals surface area contributed by atoms with Gasteiger partial charge < -0.3 is 4.74 Å². The maximum atomic E-state index is 11.9. The molecule has 0 aliphatic heterocycles. The van der Waals surface area contributed by atoms with Crippen LogP contribution in [0.3, 0.4) is 0 Å². The number of amides is 1. The van der Waals surface area contributed by atoms with Crippen LogP contribution < -0.4 is 10.1 Å². The van der Waals surface area contributed by atoms with Crippen LogP contribution >= 0.6 is 11.3 Å². The highest BCUT2D eigenvalue weighted by atomic mass is 32.1. The molecule has 0 fully saturated rings. The second kappa shape index (κ2) is 5.59. The summed E-state index contributed by atoms with van der Waals surface area (Å²) in [6.07, 6.45) is 0.0754. The van der Waals surface area contributed by atoms with Crippen LogP contribution in [0.4, 0.5) is 5.13 Å². The predicted molar refractivity (Wildman–Crippen MR) is 70.1 cm³/mol. The molecular weight excluding hydrogens is 250 g/mol. The van der Waals surface area contributed by atoms with Crippen molar-refractivity contribution in [2.24, 2.45) is 0 Å². The van der Waals surface area contributed by atoms with Gasteiger partial charge in [0.1, 0.15) is 11.3 Å². The minimum Gasteiger partial charge on any atom is -0.491 e. The van der Waals surface area contributed by atoms with Gasteiger partial charge in [-0.1, -0.05) is 17.4 Å². The molecule has 2 aromatic rings. The fraction of sp³-hybridized carbons (Fsp3) is 0.250. The Morgan fingerprint density at radius 3 is 2.94 bits per heavy atom. The first-order chi connectivity index (χ1) is 8.65. The van der Waals surface area contributed by atoms with E-state index >= 15 is 0 Å². The summed E-state index contributed by atoms with van der Waals surface area (Å²) in [5.74, 6) is 0.455. The highest BCUT2D eigenvalue weighted by Crippen LogP contribution is 2.16. The summed E-state index contributed by atoms with van der Waals surface area (Å²) < 4.78 is 5.53. The van der Waals surface area contributed by atoms with Gasteiger partial charge in [0.2, 0.25) is 5.13 Å². The molecule has 1 aromatic carbocycles. The lowest BCUT2D eigenvalue weighted by atomic mass is 10.2. The number of nitrogens with one attached hydrogen (secondary N) is 1. The van der Waals surface area contributed by atoms with Crippen LogP contribution in [0.2, 0.25) is 0 Å². The highest BCUT2D eigenvalue weighted by Gasteiger charge is 2.09. The number of rotatable bonds is 4. The van der Waals surface area contributed by atoms with Crippen LogP contribution in [-0.4, -0.2) is 22.2 Å². The van der Waals surface area contributed by atoms with Crippen LogP contribution in [0.5, 0.6) is 5.75 Å². The van der Waals surface area contributed by atoms with Gasteiger partial charge in [-0.2, -0.15) is 0 Å². The van der Waals surface area contributed by atoms with Gasteiger partial charge in [0, 0.05) is 5.56 Å². The van der Waals surface area contributed by atoms with Crippen LogP contribution in [0.15, 0.2) is 29.8 Å². The molecule has 0 bridgehead atoms. The van der Waals surface area contributed by atoms with Gasteiger partial charge in [-0.15, -0.1) is 10.2 Å². The molecule has 0 unspecified atom stereocenters. The largest absolute Gasteiger partial charge is 0.491 e. The number of hydrogen-bond acceptors (Lipinski definition) is 5.